The summed E-state index contributed by atoms with van der Waals surface area (Å²) in [5, 5.41) is 5.71. The van der Waals surface area contributed by atoms with Crippen molar-refractivity contribution in [2.45, 2.75) is 19.1 Å². The zero-order chi connectivity index (χ0) is 16.4. The predicted octanol–water partition coefficient (Wildman–Crippen LogP) is 0.668. The van der Waals surface area contributed by atoms with Crippen LogP contribution in [0.5, 0.6) is 0 Å². The molecule has 0 unspecified atom stereocenters. The minimum absolute atomic E-state index is 0.130. The molecule has 1 aromatic carbocycles. The number of carbonyl (C=O) groups is 2. The number of amides is 3. The van der Waals surface area contributed by atoms with E-state index in [-0.39, 0.29) is 24.1 Å². The third-order valence-corrected chi connectivity index (χ3v) is 4.27. The van der Waals surface area contributed by atoms with E-state index in [4.69, 9.17) is 9.47 Å². The van der Waals surface area contributed by atoms with E-state index in [0.717, 1.165) is 11.3 Å². The topological polar surface area (TPSA) is 79.9 Å². The van der Waals surface area contributed by atoms with Crippen molar-refractivity contribution in [3.05, 3.63) is 29.3 Å². The second-order valence-corrected chi connectivity index (χ2v) is 5.78. The number of benzene rings is 1. The Labute approximate surface area is 134 Å². The van der Waals surface area contributed by atoms with Gasteiger partial charge in [-0.1, -0.05) is 6.07 Å². The largest absolute Gasteiger partial charge is 0.377 e. The van der Waals surface area contributed by atoms with Crippen LogP contribution in [0.4, 0.5) is 10.5 Å². The average molecular weight is 319 g/mol. The monoisotopic (exact) mass is 319 g/mol. The van der Waals surface area contributed by atoms with E-state index < -0.39 is 0 Å². The molecule has 2 saturated heterocycles. The number of nitrogens with one attached hydrogen (secondary N) is 2. The van der Waals surface area contributed by atoms with Crippen LogP contribution in [-0.2, 0) is 9.47 Å². The van der Waals surface area contributed by atoms with Gasteiger partial charge in [-0.25, -0.2) is 4.79 Å². The molecule has 2 aliphatic heterocycles. The molecular weight excluding hydrogens is 298 g/mol. The van der Waals surface area contributed by atoms with Crippen molar-refractivity contribution in [1.29, 1.82) is 0 Å². The number of hydrogen-bond acceptors (Lipinski definition) is 4. The number of hydrogen-bond donors (Lipinski definition) is 2. The number of rotatable bonds is 4. The third kappa shape index (κ3) is 3.16. The summed E-state index contributed by atoms with van der Waals surface area (Å²) in [7, 11) is 1.61. The highest BCUT2D eigenvalue weighted by Crippen LogP contribution is 2.23. The average Bonchev–Trinajstić information content (AvgIpc) is 3.16. The Morgan fingerprint density at radius 2 is 2.26 bits per heavy atom. The molecule has 2 fully saturated rings. The predicted molar refractivity (Wildman–Crippen MR) is 84.8 cm³/mol. The molecule has 124 valence electrons. The van der Waals surface area contributed by atoms with Crippen LogP contribution >= 0.6 is 0 Å². The minimum atomic E-state index is -0.191. The molecule has 2 N–H and O–H groups in total. The van der Waals surface area contributed by atoms with E-state index in [1.807, 2.05) is 13.0 Å². The number of carbonyl (C=O) groups excluding carboxylic acids is 2. The Bertz CT molecular complexity index is 619. The van der Waals surface area contributed by atoms with Crippen LogP contribution < -0.4 is 15.5 Å². The summed E-state index contributed by atoms with van der Waals surface area (Å²) >= 11 is 0. The summed E-state index contributed by atoms with van der Waals surface area (Å²) in [6.45, 7) is 4.07. The molecule has 0 saturated carbocycles. The maximum Gasteiger partial charge on any atom is 0.322 e. The normalized spacial score (nSPS) is 23.9. The van der Waals surface area contributed by atoms with Gasteiger partial charge in [0.25, 0.3) is 5.91 Å². The van der Waals surface area contributed by atoms with Crippen LogP contribution in [0, 0.1) is 6.92 Å². The highest BCUT2D eigenvalue weighted by molar-refractivity contribution is 5.99. The number of nitrogens with zero attached hydrogens (tertiary/aromatic N) is 1. The lowest BCUT2D eigenvalue weighted by molar-refractivity contribution is 0.0685. The van der Waals surface area contributed by atoms with Crippen LogP contribution in [0.1, 0.15) is 15.9 Å². The van der Waals surface area contributed by atoms with Crippen molar-refractivity contribution in [3.8, 4) is 0 Å². The Balaban J connectivity index is 1.77. The molecule has 2 aliphatic rings. The summed E-state index contributed by atoms with van der Waals surface area (Å²) in [5.41, 5.74) is 2.24. The van der Waals surface area contributed by atoms with Gasteiger partial charge in [0.2, 0.25) is 0 Å². The summed E-state index contributed by atoms with van der Waals surface area (Å²) in [4.78, 5) is 26.0. The summed E-state index contributed by atoms with van der Waals surface area (Å²) < 4.78 is 10.6. The van der Waals surface area contributed by atoms with Crippen molar-refractivity contribution in [2.75, 3.05) is 38.3 Å². The fraction of sp³-hybridized carbons (Fsp3) is 0.500. The first-order chi connectivity index (χ1) is 11.1. The van der Waals surface area contributed by atoms with E-state index in [1.54, 1.807) is 24.1 Å². The molecule has 2 atom stereocenters. The lowest BCUT2D eigenvalue weighted by Gasteiger charge is -2.20. The van der Waals surface area contributed by atoms with Crippen molar-refractivity contribution in [2.24, 2.45) is 0 Å². The van der Waals surface area contributed by atoms with Crippen LogP contribution in [0.3, 0.4) is 0 Å². The Morgan fingerprint density at radius 3 is 2.96 bits per heavy atom. The second kappa shape index (κ2) is 6.55. The van der Waals surface area contributed by atoms with Crippen LogP contribution in [0.2, 0.25) is 0 Å². The lowest BCUT2D eigenvalue weighted by Crippen LogP contribution is -2.43. The molecule has 0 bridgehead atoms. The van der Waals surface area contributed by atoms with Gasteiger partial charge in [0.1, 0.15) is 6.10 Å². The molecule has 0 aromatic heterocycles. The van der Waals surface area contributed by atoms with Crippen LogP contribution in [0.15, 0.2) is 18.2 Å². The van der Waals surface area contributed by atoms with Gasteiger partial charge >= 0.3 is 6.03 Å². The minimum Gasteiger partial charge on any atom is -0.377 e. The van der Waals surface area contributed by atoms with Crippen molar-refractivity contribution >= 4 is 17.6 Å². The summed E-state index contributed by atoms with van der Waals surface area (Å²) in [5.74, 6) is -0.191. The molecule has 7 nitrogen and oxygen atoms in total. The number of anilines is 1. The zero-order valence-corrected chi connectivity index (χ0v) is 13.3. The van der Waals surface area contributed by atoms with Gasteiger partial charge in [-0.05, 0) is 24.6 Å². The molecule has 3 amide bonds. The fourth-order valence-corrected chi connectivity index (χ4v) is 2.90. The highest BCUT2D eigenvalue weighted by Gasteiger charge is 2.30. The zero-order valence-electron chi connectivity index (χ0n) is 13.3. The molecule has 2 heterocycles. The van der Waals surface area contributed by atoms with Crippen LogP contribution in [-0.4, -0.2) is 57.5 Å². The van der Waals surface area contributed by atoms with E-state index in [0.29, 0.717) is 31.9 Å². The number of ether oxygens (including phenoxy) is 2. The van der Waals surface area contributed by atoms with E-state index in [9.17, 15) is 9.59 Å². The van der Waals surface area contributed by atoms with Gasteiger partial charge < -0.3 is 20.1 Å². The van der Waals surface area contributed by atoms with Gasteiger partial charge in [-0.15, -0.1) is 0 Å². The molecule has 0 radical (unpaired) electrons. The summed E-state index contributed by atoms with van der Waals surface area (Å²) in [6.07, 6.45) is -0.131. The van der Waals surface area contributed by atoms with Gasteiger partial charge in [-0.2, -0.15) is 0 Å². The second-order valence-electron chi connectivity index (χ2n) is 5.78. The molecule has 23 heavy (non-hydrogen) atoms. The molecule has 3 rings (SSSR count). The van der Waals surface area contributed by atoms with Gasteiger partial charge in [0.05, 0.1) is 19.3 Å². The summed E-state index contributed by atoms with van der Waals surface area (Å²) in [6, 6.07) is 5.09. The van der Waals surface area contributed by atoms with Crippen LogP contribution in [0.25, 0.3) is 0 Å². The maximum absolute atomic E-state index is 12.5. The fourth-order valence-electron chi connectivity index (χ4n) is 2.90. The van der Waals surface area contributed by atoms with E-state index >= 15 is 0 Å². The van der Waals surface area contributed by atoms with Gasteiger partial charge in [0.15, 0.2) is 0 Å². The van der Waals surface area contributed by atoms with Gasteiger partial charge in [-0.3, -0.25) is 9.69 Å². The van der Waals surface area contributed by atoms with E-state index in [2.05, 4.69) is 10.6 Å². The maximum atomic E-state index is 12.5. The van der Waals surface area contributed by atoms with Crippen molar-refractivity contribution in [3.63, 3.8) is 0 Å². The Hall–Kier alpha value is -2.12. The molecule has 1 aromatic rings. The van der Waals surface area contributed by atoms with Crippen molar-refractivity contribution in [1.82, 2.24) is 10.6 Å². The SMILES string of the molecule is CO[C@H]1COC[C@@H]1NC(=O)c1ccc(C)c(N2CCNC2=O)c1. The highest BCUT2D eigenvalue weighted by atomic mass is 16.5. The number of urea groups is 1. The molecule has 0 spiro atoms. The molecular formula is C16H21N3O4. The van der Waals surface area contributed by atoms with E-state index in [1.165, 1.54) is 0 Å². The molecule has 0 aliphatic carbocycles. The quantitative estimate of drug-likeness (QED) is 0.855. The first kappa shape index (κ1) is 15.8. The number of aryl methyl sites for hydroxylation is 1. The molecule has 7 heteroatoms. The first-order valence-corrected chi connectivity index (χ1v) is 7.67. The first-order valence-electron chi connectivity index (χ1n) is 7.67. The standard InChI is InChI=1S/C16H21N3O4/c1-10-3-4-11(7-13(10)19-6-5-17-16(19)21)15(20)18-12-8-23-9-14(12)22-2/h3-4,7,12,14H,5-6,8-9H2,1-2H3,(H,17,21)(H,18,20)/t12-,14-/m0/s1. The number of methoxy groups -OCH3 is 1. The lowest BCUT2D eigenvalue weighted by atomic mass is 10.1. The smallest absolute Gasteiger partial charge is 0.322 e. The Kier molecular flexibility index (Phi) is 4.49. The Morgan fingerprint density at radius 1 is 1.43 bits per heavy atom. The van der Waals surface area contributed by atoms with Gasteiger partial charge in [0, 0.05) is 31.5 Å². The third-order valence-electron chi connectivity index (χ3n) is 4.27. The van der Waals surface area contributed by atoms with Crippen molar-refractivity contribution < 1.29 is 19.1 Å².